The molecule has 1 aromatic heterocycles. The highest BCUT2D eigenvalue weighted by molar-refractivity contribution is 6.30. The molecular formula is C20H15Cl2N3O. The van der Waals surface area contributed by atoms with E-state index in [1.807, 2.05) is 25.1 Å². The van der Waals surface area contributed by atoms with Crippen LogP contribution in [0.15, 0.2) is 48.5 Å². The van der Waals surface area contributed by atoms with Gasteiger partial charge in [0.1, 0.15) is 0 Å². The third-order valence-corrected chi connectivity index (χ3v) is 4.68. The Labute approximate surface area is 161 Å². The fourth-order valence-corrected chi connectivity index (χ4v) is 3.24. The molecule has 0 bridgehead atoms. The summed E-state index contributed by atoms with van der Waals surface area (Å²) >= 11 is 12.0. The van der Waals surface area contributed by atoms with Crippen LogP contribution in [0.25, 0.3) is 11.1 Å². The normalized spacial score (nSPS) is 11.8. The van der Waals surface area contributed by atoms with Crippen molar-refractivity contribution in [3.63, 3.8) is 0 Å². The summed E-state index contributed by atoms with van der Waals surface area (Å²) in [6, 6.07) is 16.4. The Hall–Kier alpha value is -2.61. The lowest BCUT2D eigenvalue weighted by molar-refractivity contribution is -0.118. The monoisotopic (exact) mass is 383 g/mol. The van der Waals surface area contributed by atoms with E-state index in [0.717, 1.165) is 22.4 Å². The van der Waals surface area contributed by atoms with E-state index in [9.17, 15) is 4.79 Å². The summed E-state index contributed by atoms with van der Waals surface area (Å²) in [6.45, 7) is 1.87. The lowest BCUT2D eigenvalue weighted by Gasteiger charge is -2.16. The number of carbonyl (C=O) groups excluding carboxylic acids is 1. The van der Waals surface area contributed by atoms with Gasteiger partial charge in [-0.3, -0.25) is 9.89 Å². The van der Waals surface area contributed by atoms with Gasteiger partial charge in [0.2, 0.25) is 0 Å². The van der Waals surface area contributed by atoms with Crippen LogP contribution in [0.1, 0.15) is 29.3 Å². The topological polar surface area (TPSA) is 69.5 Å². The standard InChI is InChI=1S/C20H15Cl2N3O/c1-12-18(13-2-6-15(21)7-3-13)20(25-24-12)19(17(26)10-11-23)14-4-8-16(22)9-5-14/h2-9,19H,10H2,1H3,(H,24,25). The maximum atomic E-state index is 12.8. The van der Waals surface area contributed by atoms with Crippen LogP contribution in [0.5, 0.6) is 0 Å². The summed E-state index contributed by atoms with van der Waals surface area (Å²) in [5.74, 6) is -0.826. The Morgan fingerprint density at radius 2 is 1.69 bits per heavy atom. The van der Waals surface area contributed by atoms with Crippen LogP contribution >= 0.6 is 23.2 Å². The first-order chi connectivity index (χ1) is 12.5. The Balaban J connectivity index is 2.16. The predicted octanol–water partition coefficient (Wildman–Crippen LogP) is 5.31. The number of hydrogen-bond donors (Lipinski definition) is 1. The van der Waals surface area contributed by atoms with E-state index in [-0.39, 0.29) is 12.2 Å². The van der Waals surface area contributed by atoms with Gasteiger partial charge in [-0.2, -0.15) is 10.4 Å². The maximum Gasteiger partial charge on any atom is 0.160 e. The predicted molar refractivity (Wildman–Crippen MR) is 102 cm³/mol. The first-order valence-electron chi connectivity index (χ1n) is 7.97. The number of rotatable bonds is 5. The van der Waals surface area contributed by atoms with Crippen LogP contribution in [-0.2, 0) is 4.79 Å². The molecule has 4 nitrogen and oxygen atoms in total. The number of nitrogens with zero attached hydrogens (tertiary/aromatic N) is 2. The number of aryl methyl sites for hydroxylation is 1. The molecule has 1 atom stereocenters. The van der Waals surface area contributed by atoms with Crippen LogP contribution < -0.4 is 0 Å². The molecule has 3 rings (SSSR count). The number of halogens is 2. The fraction of sp³-hybridized carbons (Fsp3) is 0.150. The van der Waals surface area contributed by atoms with Crippen LogP contribution in [0.4, 0.5) is 0 Å². The maximum absolute atomic E-state index is 12.8. The second-order valence-electron chi connectivity index (χ2n) is 5.89. The minimum Gasteiger partial charge on any atom is -0.297 e. The second kappa shape index (κ2) is 7.74. The number of H-pyrrole nitrogens is 1. The number of aromatic amines is 1. The quantitative estimate of drug-likeness (QED) is 0.648. The SMILES string of the molecule is Cc1n[nH]c(C(C(=O)CC#N)c2ccc(Cl)cc2)c1-c1ccc(Cl)cc1. The molecule has 0 radical (unpaired) electrons. The van der Waals surface area contributed by atoms with Crippen molar-refractivity contribution in [2.24, 2.45) is 0 Å². The van der Waals surface area contributed by atoms with E-state index in [1.54, 1.807) is 36.4 Å². The van der Waals surface area contributed by atoms with Gasteiger partial charge in [0.05, 0.1) is 29.8 Å². The molecule has 0 saturated heterocycles. The van der Waals surface area contributed by atoms with E-state index >= 15 is 0 Å². The molecular weight excluding hydrogens is 369 g/mol. The molecule has 130 valence electrons. The molecule has 26 heavy (non-hydrogen) atoms. The van der Waals surface area contributed by atoms with Gasteiger partial charge in [-0.05, 0) is 42.3 Å². The van der Waals surface area contributed by atoms with Crippen molar-refractivity contribution in [3.8, 4) is 17.2 Å². The molecule has 0 aliphatic carbocycles. The van der Waals surface area contributed by atoms with E-state index in [1.165, 1.54) is 0 Å². The Morgan fingerprint density at radius 3 is 2.27 bits per heavy atom. The molecule has 0 spiro atoms. The second-order valence-corrected chi connectivity index (χ2v) is 6.76. The number of aromatic nitrogens is 2. The summed E-state index contributed by atoms with van der Waals surface area (Å²) in [5, 5.41) is 17.5. The highest BCUT2D eigenvalue weighted by Gasteiger charge is 2.28. The molecule has 3 aromatic rings. The average Bonchev–Trinajstić information content (AvgIpc) is 2.99. The Bertz CT molecular complexity index is 970. The minimum absolute atomic E-state index is 0.189. The zero-order valence-electron chi connectivity index (χ0n) is 14.0. The zero-order valence-corrected chi connectivity index (χ0v) is 15.5. The van der Waals surface area contributed by atoms with E-state index in [4.69, 9.17) is 28.5 Å². The van der Waals surface area contributed by atoms with Crippen LogP contribution in [-0.4, -0.2) is 16.0 Å². The van der Waals surface area contributed by atoms with Crippen molar-refractivity contribution in [2.75, 3.05) is 0 Å². The number of nitriles is 1. The van der Waals surface area contributed by atoms with E-state index < -0.39 is 5.92 Å². The van der Waals surface area contributed by atoms with Crippen molar-refractivity contribution in [2.45, 2.75) is 19.3 Å². The summed E-state index contributed by atoms with van der Waals surface area (Å²) in [7, 11) is 0. The van der Waals surface area contributed by atoms with E-state index in [0.29, 0.717) is 15.7 Å². The number of Topliss-reactive ketones (excluding diaryl/α,β-unsaturated/α-hetero) is 1. The summed E-state index contributed by atoms with van der Waals surface area (Å²) in [4.78, 5) is 12.8. The lowest BCUT2D eigenvalue weighted by atomic mass is 9.86. The molecule has 6 heteroatoms. The molecule has 0 fully saturated rings. The van der Waals surface area contributed by atoms with Crippen molar-refractivity contribution >= 4 is 29.0 Å². The molecule has 0 aliphatic heterocycles. The summed E-state index contributed by atoms with van der Waals surface area (Å²) in [6.07, 6.45) is -0.189. The molecule has 1 unspecified atom stereocenters. The Kier molecular flexibility index (Phi) is 5.41. The zero-order chi connectivity index (χ0) is 18.7. The summed E-state index contributed by atoms with van der Waals surface area (Å²) < 4.78 is 0. The summed E-state index contributed by atoms with van der Waals surface area (Å²) in [5.41, 5.74) is 3.93. The molecule has 0 saturated carbocycles. The minimum atomic E-state index is -0.626. The number of hydrogen-bond acceptors (Lipinski definition) is 3. The molecule has 1 heterocycles. The first kappa shape index (κ1) is 18.2. The van der Waals surface area contributed by atoms with Crippen LogP contribution in [0.3, 0.4) is 0 Å². The van der Waals surface area contributed by atoms with E-state index in [2.05, 4.69) is 10.2 Å². The largest absolute Gasteiger partial charge is 0.297 e. The van der Waals surface area contributed by atoms with Gasteiger partial charge in [-0.1, -0.05) is 47.5 Å². The molecule has 1 N–H and O–H groups in total. The van der Waals surface area contributed by atoms with Gasteiger partial charge >= 0.3 is 0 Å². The van der Waals surface area contributed by atoms with Gasteiger partial charge in [-0.25, -0.2) is 0 Å². The number of ketones is 1. The van der Waals surface area contributed by atoms with Crippen LogP contribution in [0.2, 0.25) is 10.0 Å². The van der Waals surface area contributed by atoms with Crippen molar-refractivity contribution in [1.29, 1.82) is 5.26 Å². The molecule has 2 aromatic carbocycles. The number of nitrogens with one attached hydrogen (secondary N) is 1. The van der Waals surface area contributed by atoms with Crippen molar-refractivity contribution < 1.29 is 4.79 Å². The highest BCUT2D eigenvalue weighted by atomic mass is 35.5. The van der Waals surface area contributed by atoms with Crippen molar-refractivity contribution in [3.05, 3.63) is 75.5 Å². The van der Waals surface area contributed by atoms with Gasteiger partial charge in [0.25, 0.3) is 0 Å². The smallest absolute Gasteiger partial charge is 0.160 e. The third-order valence-electron chi connectivity index (χ3n) is 4.18. The number of benzene rings is 2. The average molecular weight is 384 g/mol. The molecule has 0 amide bonds. The van der Waals surface area contributed by atoms with Gasteiger partial charge < -0.3 is 0 Å². The lowest BCUT2D eigenvalue weighted by Crippen LogP contribution is -2.15. The Morgan fingerprint density at radius 1 is 1.12 bits per heavy atom. The van der Waals surface area contributed by atoms with Gasteiger partial charge in [0.15, 0.2) is 5.78 Å². The molecule has 0 aliphatic rings. The first-order valence-corrected chi connectivity index (χ1v) is 8.72. The van der Waals surface area contributed by atoms with Crippen molar-refractivity contribution in [1.82, 2.24) is 10.2 Å². The number of carbonyl (C=O) groups is 1. The third kappa shape index (κ3) is 3.65. The van der Waals surface area contributed by atoms with Gasteiger partial charge in [-0.15, -0.1) is 0 Å². The highest BCUT2D eigenvalue weighted by Crippen LogP contribution is 2.36. The van der Waals surface area contributed by atoms with Crippen LogP contribution in [0, 0.1) is 18.3 Å². The fourth-order valence-electron chi connectivity index (χ4n) is 2.99. The van der Waals surface area contributed by atoms with Gasteiger partial charge in [0, 0.05) is 15.6 Å².